The first-order valence-corrected chi connectivity index (χ1v) is 6.79. The Morgan fingerprint density at radius 3 is 2.53 bits per heavy atom. The molecule has 1 heterocycles. The number of hydrogen-bond acceptors (Lipinski definition) is 3. The summed E-state index contributed by atoms with van der Waals surface area (Å²) in [5, 5.41) is 4.28. The first-order valence-electron chi connectivity index (χ1n) is 6.79. The van der Waals surface area contributed by atoms with Crippen molar-refractivity contribution in [1.29, 1.82) is 0 Å². The van der Waals surface area contributed by atoms with Gasteiger partial charge in [-0.1, -0.05) is 37.3 Å². The highest BCUT2D eigenvalue weighted by Crippen LogP contribution is 2.26. The molecule has 0 aliphatic rings. The molecular weight excluding hydrogens is 236 g/mol. The number of benzene rings is 1. The molecule has 0 spiro atoms. The summed E-state index contributed by atoms with van der Waals surface area (Å²) in [6.07, 6.45) is 3.17. The Balaban J connectivity index is 2.31. The van der Waals surface area contributed by atoms with E-state index >= 15 is 0 Å². The molecule has 0 bridgehead atoms. The molecule has 1 unspecified atom stereocenters. The van der Waals surface area contributed by atoms with Crippen LogP contribution in [0.15, 0.2) is 36.7 Å². The van der Waals surface area contributed by atoms with Gasteiger partial charge in [0, 0.05) is 18.0 Å². The SMILES string of the molecule is CCC(N)(Cc1ncnn1C(C)C)c1ccccc1. The van der Waals surface area contributed by atoms with E-state index in [9.17, 15) is 0 Å². The molecule has 2 rings (SSSR count). The molecule has 0 amide bonds. The summed E-state index contributed by atoms with van der Waals surface area (Å²) in [4.78, 5) is 4.37. The van der Waals surface area contributed by atoms with Crippen molar-refractivity contribution in [3.63, 3.8) is 0 Å². The van der Waals surface area contributed by atoms with E-state index in [1.54, 1.807) is 6.33 Å². The Hall–Kier alpha value is -1.68. The zero-order valence-electron chi connectivity index (χ0n) is 11.9. The topological polar surface area (TPSA) is 56.7 Å². The minimum Gasteiger partial charge on any atom is -0.321 e. The summed E-state index contributed by atoms with van der Waals surface area (Å²) in [7, 11) is 0. The normalized spacial score (nSPS) is 14.6. The van der Waals surface area contributed by atoms with Gasteiger partial charge < -0.3 is 5.73 Å². The van der Waals surface area contributed by atoms with Crippen molar-refractivity contribution in [3.8, 4) is 0 Å². The molecule has 102 valence electrons. The highest BCUT2D eigenvalue weighted by Gasteiger charge is 2.28. The van der Waals surface area contributed by atoms with E-state index in [0.29, 0.717) is 12.5 Å². The van der Waals surface area contributed by atoms with Crippen LogP contribution in [0, 0.1) is 0 Å². The number of nitrogens with zero attached hydrogens (tertiary/aromatic N) is 3. The third kappa shape index (κ3) is 2.84. The molecule has 0 aliphatic carbocycles. The summed E-state index contributed by atoms with van der Waals surface area (Å²) in [6.45, 7) is 6.32. The van der Waals surface area contributed by atoms with Crippen LogP contribution in [0.3, 0.4) is 0 Å². The van der Waals surface area contributed by atoms with E-state index in [1.165, 1.54) is 0 Å². The maximum absolute atomic E-state index is 6.60. The Morgan fingerprint density at radius 1 is 1.26 bits per heavy atom. The van der Waals surface area contributed by atoms with Crippen molar-refractivity contribution in [2.75, 3.05) is 0 Å². The number of nitrogens with two attached hydrogens (primary N) is 1. The van der Waals surface area contributed by atoms with Crippen molar-refractivity contribution in [2.45, 2.75) is 45.2 Å². The van der Waals surface area contributed by atoms with E-state index in [4.69, 9.17) is 5.73 Å². The van der Waals surface area contributed by atoms with Crippen molar-refractivity contribution >= 4 is 0 Å². The molecule has 2 aromatic rings. The maximum Gasteiger partial charge on any atom is 0.138 e. The minimum atomic E-state index is -0.388. The lowest BCUT2D eigenvalue weighted by Gasteiger charge is -2.29. The van der Waals surface area contributed by atoms with Crippen LogP contribution in [0.25, 0.3) is 0 Å². The smallest absolute Gasteiger partial charge is 0.138 e. The fourth-order valence-electron chi connectivity index (χ4n) is 2.32. The molecule has 0 saturated heterocycles. The second kappa shape index (κ2) is 5.53. The van der Waals surface area contributed by atoms with E-state index < -0.39 is 0 Å². The second-order valence-corrected chi connectivity index (χ2v) is 5.27. The lowest BCUT2D eigenvalue weighted by molar-refractivity contribution is 0.391. The largest absolute Gasteiger partial charge is 0.321 e. The molecule has 0 aliphatic heterocycles. The predicted molar refractivity (Wildman–Crippen MR) is 76.7 cm³/mol. The van der Waals surface area contributed by atoms with Gasteiger partial charge in [0.1, 0.15) is 12.2 Å². The van der Waals surface area contributed by atoms with Crippen LogP contribution in [-0.4, -0.2) is 14.8 Å². The van der Waals surface area contributed by atoms with Crippen molar-refractivity contribution < 1.29 is 0 Å². The van der Waals surface area contributed by atoms with Crippen LogP contribution >= 0.6 is 0 Å². The summed E-state index contributed by atoms with van der Waals surface area (Å²) in [5.41, 5.74) is 7.36. The fourth-order valence-corrected chi connectivity index (χ4v) is 2.32. The Morgan fingerprint density at radius 2 is 1.95 bits per heavy atom. The highest BCUT2D eigenvalue weighted by atomic mass is 15.3. The second-order valence-electron chi connectivity index (χ2n) is 5.27. The quantitative estimate of drug-likeness (QED) is 0.897. The summed E-state index contributed by atoms with van der Waals surface area (Å²) < 4.78 is 1.94. The van der Waals surface area contributed by atoms with Gasteiger partial charge in [0.25, 0.3) is 0 Å². The van der Waals surface area contributed by atoms with E-state index in [2.05, 4.69) is 43.0 Å². The molecule has 1 aromatic carbocycles. The third-order valence-electron chi connectivity index (χ3n) is 3.59. The highest BCUT2D eigenvalue weighted by molar-refractivity contribution is 5.25. The Bertz CT molecular complexity index is 518. The zero-order chi connectivity index (χ0) is 13.9. The van der Waals surface area contributed by atoms with Gasteiger partial charge in [-0.25, -0.2) is 9.67 Å². The van der Waals surface area contributed by atoms with Gasteiger partial charge in [-0.05, 0) is 25.8 Å². The molecule has 4 heteroatoms. The van der Waals surface area contributed by atoms with Crippen LogP contribution in [-0.2, 0) is 12.0 Å². The average Bonchev–Trinajstić information content (AvgIpc) is 2.87. The van der Waals surface area contributed by atoms with Gasteiger partial charge in [-0.15, -0.1) is 0 Å². The molecule has 0 fully saturated rings. The number of aromatic nitrogens is 3. The molecule has 4 nitrogen and oxygen atoms in total. The van der Waals surface area contributed by atoms with Gasteiger partial charge in [-0.2, -0.15) is 5.10 Å². The third-order valence-corrected chi connectivity index (χ3v) is 3.59. The molecule has 1 atom stereocenters. The molecular formula is C15H22N4. The van der Waals surface area contributed by atoms with Crippen molar-refractivity contribution in [1.82, 2.24) is 14.8 Å². The molecule has 0 saturated carbocycles. The van der Waals surface area contributed by atoms with Crippen LogP contribution < -0.4 is 5.73 Å². The first-order chi connectivity index (χ1) is 9.07. The monoisotopic (exact) mass is 258 g/mol. The van der Waals surface area contributed by atoms with Crippen LogP contribution in [0.2, 0.25) is 0 Å². The van der Waals surface area contributed by atoms with Gasteiger partial charge >= 0.3 is 0 Å². The average molecular weight is 258 g/mol. The number of hydrogen-bond donors (Lipinski definition) is 1. The fraction of sp³-hybridized carbons (Fsp3) is 0.467. The summed E-state index contributed by atoms with van der Waals surface area (Å²) >= 11 is 0. The van der Waals surface area contributed by atoms with Crippen LogP contribution in [0.1, 0.15) is 44.6 Å². The van der Waals surface area contributed by atoms with Gasteiger partial charge in [0.15, 0.2) is 0 Å². The van der Waals surface area contributed by atoms with Crippen LogP contribution in [0.4, 0.5) is 0 Å². The van der Waals surface area contributed by atoms with E-state index in [1.807, 2.05) is 22.9 Å². The minimum absolute atomic E-state index is 0.300. The summed E-state index contributed by atoms with van der Waals surface area (Å²) in [5.74, 6) is 0.947. The predicted octanol–water partition coefficient (Wildman–Crippen LogP) is 2.67. The maximum atomic E-state index is 6.60. The zero-order valence-corrected chi connectivity index (χ0v) is 11.9. The van der Waals surface area contributed by atoms with Crippen molar-refractivity contribution in [3.05, 3.63) is 48.0 Å². The van der Waals surface area contributed by atoms with Crippen molar-refractivity contribution in [2.24, 2.45) is 5.73 Å². The van der Waals surface area contributed by atoms with Gasteiger partial charge in [0.2, 0.25) is 0 Å². The molecule has 19 heavy (non-hydrogen) atoms. The molecule has 2 N–H and O–H groups in total. The lowest BCUT2D eigenvalue weighted by Crippen LogP contribution is -2.39. The molecule has 0 radical (unpaired) electrons. The standard InChI is InChI=1S/C15H22N4/c1-4-15(16,13-8-6-5-7-9-13)10-14-17-11-18-19(14)12(2)3/h5-9,11-12H,4,10,16H2,1-3H3. The van der Waals surface area contributed by atoms with E-state index in [-0.39, 0.29) is 5.54 Å². The molecule has 1 aromatic heterocycles. The lowest BCUT2D eigenvalue weighted by atomic mass is 9.85. The first kappa shape index (κ1) is 13.7. The Labute approximate surface area is 114 Å². The van der Waals surface area contributed by atoms with Crippen LogP contribution in [0.5, 0.6) is 0 Å². The van der Waals surface area contributed by atoms with Gasteiger partial charge in [0.05, 0.1) is 0 Å². The van der Waals surface area contributed by atoms with E-state index in [0.717, 1.165) is 17.8 Å². The Kier molecular flexibility index (Phi) is 4.00. The number of rotatable bonds is 5. The van der Waals surface area contributed by atoms with Gasteiger partial charge in [-0.3, -0.25) is 0 Å². The summed E-state index contributed by atoms with van der Waals surface area (Å²) in [6, 6.07) is 10.5.